The molecule has 1 heterocycles. The van der Waals surface area contributed by atoms with Crippen molar-refractivity contribution < 1.29 is 37.7 Å². The highest BCUT2D eigenvalue weighted by Gasteiger charge is 2.40. The van der Waals surface area contributed by atoms with Crippen LogP contribution in [-0.2, 0) is 13.2 Å². The van der Waals surface area contributed by atoms with Gasteiger partial charge >= 0.3 is 12.1 Å². The number of hydrogen-bond donors (Lipinski definition) is 3. The van der Waals surface area contributed by atoms with Gasteiger partial charge in [-0.3, -0.25) is 0 Å². The predicted molar refractivity (Wildman–Crippen MR) is 118 cm³/mol. The first-order chi connectivity index (χ1) is 16.2. The summed E-state index contributed by atoms with van der Waals surface area (Å²) in [6, 6.07) is 19.3. The summed E-state index contributed by atoms with van der Waals surface area (Å²) in [4.78, 5) is 13.9. The summed E-state index contributed by atoms with van der Waals surface area (Å²) >= 11 is 0. The monoisotopic (exact) mass is 471 g/mol. The number of benzene rings is 3. The maximum absolute atomic E-state index is 13.0. The number of aromatic carboxylic acids is 1. The number of carboxylic acids is 1. The molecule has 3 N–H and O–H groups in total. The van der Waals surface area contributed by atoms with Gasteiger partial charge in [-0.25, -0.2) is 4.79 Å². The molecule has 0 saturated heterocycles. The molecule has 6 nitrogen and oxygen atoms in total. The lowest BCUT2D eigenvalue weighted by Crippen LogP contribution is -2.21. The van der Waals surface area contributed by atoms with Gasteiger partial charge in [-0.2, -0.15) is 13.2 Å². The maximum atomic E-state index is 13.0. The van der Waals surface area contributed by atoms with Crippen molar-refractivity contribution in [2.45, 2.75) is 25.5 Å². The standard InChI is InChI=1S/C25H20F3NO5/c26-25(27,28)23(30)19-7-3-4-8-22(19)34-14-16-6-2-1-5-15(16)13-33-18-9-10-20-17(11-18)12-21(29-20)24(31)32/h1-12,23,29-30H,13-14H2,(H,31,32). The second-order valence-corrected chi connectivity index (χ2v) is 7.57. The SMILES string of the molecule is O=C(O)c1cc2cc(OCc3ccccc3COc3ccccc3C(O)C(F)(F)F)ccc2[nH]1. The zero-order valence-corrected chi connectivity index (χ0v) is 17.7. The third kappa shape index (κ3) is 5.15. The summed E-state index contributed by atoms with van der Waals surface area (Å²) in [5.41, 5.74) is 1.85. The minimum absolute atomic E-state index is 0.0278. The minimum atomic E-state index is -4.81. The van der Waals surface area contributed by atoms with Gasteiger partial charge in [-0.1, -0.05) is 42.5 Å². The number of ether oxygens (including phenoxy) is 2. The molecule has 0 radical (unpaired) electrons. The van der Waals surface area contributed by atoms with E-state index in [-0.39, 0.29) is 30.2 Å². The Kier molecular flexibility index (Phi) is 6.47. The average Bonchev–Trinajstić information content (AvgIpc) is 3.25. The van der Waals surface area contributed by atoms with E-state index in [9.17, 15) is 23.1 Å². The Bertz CT molecular complexity index is 1320. The van der Waals surface area contributed by atoms with Crippen LogP contribution in [0.4, 0.5) is 13.2 Å². The van der Waals surface area contributed by atoms with E-state index in [4.69, 9.17) is 14.6 Å². The van der Waals surface area contributed by atoms with Crippen molar-refractivity contribution >= 4 is 16.9 Å². The predicted octanol–water partition coefficient (Wildman–Crippen LogP) is 5.62. The lowest BCUT2D eigenvalue weighted by atomic mass is 10.1. The molecule has 0 fully saturated rings. The molecule has 34 heavy (non-hydrogen) atoms. The summed E-state index contributed by atoms with van der Waals surface area (Å²) in [5, 5.41) is 19.4. The number of carbonyl (C=O) groups is 1. The summed E-state index contributed by atoms with van der Waals surface area (Å²) in [7, 11) is 0. The highest BCUT2D eigenvalue weighted by Crippen LogP contribution is 2.37. The van der Waals surface area contributed by atoms with E-state index in [1.165, 1.54) is 30.3 Å². The molecule has 3 aromatic carbocycles. The van der Waals surface area contributed by atoms with E-state index < -0.39 is 18.2 Å². The van der Waals surface area contributed by atoms with Crippen LogP contribution in [0, 0.1) is 0 Å². The fraction of sp³-hybridized carbons (Fsp3) is 0.160. The van der Waals surface area contributed by atoms with Crippen LogP contribution >= 0.6 is 0 Å². The normalized spacial score (nSPS) is 12.5. The van der Waals surface area contributed by atoms with Crippen molar-refractivity contribution in [3.63, 3.8) is 0 Å². The van der Waals surface area contributed by atoms with E-state index in [0.29, 0.717) is 22.2 Å². The summed E-state index contributed by atoms with van der Waals surface area (Å²) < 4.78 is 50.5. The molecule has 176 valence electrons. The molecule has 0 spiro atoms. The third-order valence-corrected chi connectivity index (χ3v) is 5.24. The Hall–Kier alpha value is -3.98. The molecule has 0 aliphatic rings. The lowest BCUT2D eigenvalue weighted by Gasteiger charge is -2.19. The highest BCUT2D eigenvalue weighted by molar-refractivity contribution is 5.94. The number of aromatic nitrogens is 1. The number of aromatic amines is 1. The highest BCUT2D eigenvalue weighted by atomic mass is 19.4. The first-order valence-corrected chi connectivity index (χ1v) is 10.2. The Balaban J connectivity index is 1.47. The molecule has 1 atom stereocenters. The van der Waals surface area contributed by atoms with Crippen molar-refractivity contribution in [3.8, 4) is 11.5 Å². The molecule has 9 heteroatoms. The topological polar surface area (TPSA) is 91.8 Å². The molecule has 0 amide bonds. The van der Waals surface area contributed by atoms with Gasteiger partial charge in [-0.15, -0.1) is 0 Å². The van der Waals surface area contributed by atoms with Crippen molar-refractivity contribution in [2.24, 2.45) is 0 Å². The van der Waals surface area contributed by atoms with Crippen molar-refractivity contribution in [1.82, 2.24) is 4.98 Å². The first kappa shape index (κ1) is 23.2. The number of aliphatic hydroxyl groups excluding tert-OH is 1. The number of nitrogens with one attached hydrogen (secondary N) is 1. The lowest BCUT2D eigenvalue weighted by molar-refractivity contribution is -0.207. The van der Waals surface area contributed by atoms with E-state index in [1.54, 1.807) is 36.4 Å². The molecule has 0 aliphatic carbocycles. The van der Waals surface area contributed by atoms with Gasteiger partial charge in [-0.05, 0) is 41.5 Å². The van der Waals surface area contributed by atoms with Crippen LogP contribution in [0.25, 0.3) is 10.9 Å². The van der Waals surface area contributed by atoms with Crippen LogP contribution in [0.1, 0.15) is 33.3 Å². The Labute approximate surface area is 192 Å². The number of rotatable bonds is 8. The Morgan fingerprint density at radius 3 is 2.24 bits per heavy atom. The number of H-pyrrole nitrogens is 1. The van der Waals surface area contributed by atoms with E-state index in [2.05, 4.69) is 4.98 Å². The fourth-order valence-corrected chi connectivity index (χ4v) is 3.49. The van der Waals surface area contributed by atoms with Crippen LogP contribution < -0.4 is 9.47 Å². The zero-order chi connectivity index (χ0) is 24.3. The smallest absolute Gasteiger partial charge is 0.418 e. The summed E-state index contributed by atoms with van der Waals surface area (Å²) in [6.45, 7) is 0.133. The molecular weight excluding hydrogens is 451 g/mol. The number of hydrogen-bond acceptors (Lipinski definition) is 4. The molecule has 1 aromatic heterocycles. The van der Waals surface area contributed by atoms with Crippen molar-refractivity contribution in [2.75, 3.05) is 0 Å². The number of alkyl halides is 3. The van der Waals surface area contributed by atoms with Crippen LogP contribution in [0.3, 0.4) is 0 Å². The van der Waals surface area contributed by atoms with Gasteiger partial charge in [0.1, 0.15) is 30.4 Å². The van der Waals surface area contributed by atoms with Crippen LogP contribution in [-0.4, -0.2) is 27.3 Å². The molecule has 0 saturated carbocycles. The van der Waals surface area contributed by atoms with Gasteiger partial charge in [0.15, 0.2) is 6.10 Å². The van der Waals surface area contributed by atoms with Gasteiger partial charge in [0.2, 0.25) is 0 Å². The van der Waals surface area contributed by atoms with Gasteiger partial charge in [0.25, 0.3) is 0 Å². The van der Waals surface area contributed by atoms with Crippen LogP contribution in [0.2, 0.25) is 0 Å². The molecular formula is C25H20F3NO5. The third-order valence-electron chi connectivity index (χ3n) is 5.24. The Morgan fingerprint density at radius 2 is 1.56 bits per heavy atom. The number of halogens is 3. The summed E-state index contributed by atoms with van der Waals surface area (Å²) in [6.07, 6.45) is -7.45. The van der Waals surface area contributed by atoms with Crippen LogP contribution in [0.15, 0.2) is 72.8 Å². The zero-order valence-electron chi connectivity index (χ0n) is 17.7. The molecule has 4 aromatic rings. The largest absolute Gasteiger partial charge is 0.489 e. The second kappa shape index (κ2) is 9.48. The van der Waals surface area contributed by atoms with Crippen molar-refractivity contribution in [1.29, 1.82) is 0 Å². The van der Waals surface area contributed by atoms with Crippen LogP contribution in [0.5, 0.6) is 11.5 Å². The fourth-order valence-electron chi connectivity index (χ4n) is 3.49. The first-order valence-electron chi connectivity index (χ1n) is 10.2. The van der Waals surface area contributed by atoms with Gasteiger partial charge in [0, 0.05) is 16.5 Å². The molecule has 4 rings (SSSR count). The number of aliphatic hydroxyl groups is 1. The summed E-state index contributed by atoms with van der Waals surface area (Å²) in [5.74, 6) is -0.593. The van der Waals surface area contributed by atoms with Gasteiger partial charge < -0.3 is 24.7 Å². The van der Waals surface area contributed by atoms with E-state index in [1.807, 2.05) is 6.07 Å². The minimum Gasteiger partial charge on any atom is -0.489 e. The second-order valence-electron chi connectivity index (χ2n) is 7.57. The Morgan fingerprint density at radius 1 is 0.912 bits per heavy atom. The van der Waals surface area contributed by atoms with E-state index in [0.717, 1.165) is 5.56 Å². The molecule has 0 aliphatic heterocycles. The van der Waals surface area contributed by atoms with Gasteiger partial charge in [0.05, 0.1) is 0 Å². The number of fused-ring (bicyclic) bond motifs is 1. The quantitative estimate of drug-likeness (QED) is 0.310. The van der Waals surface area contributed by atoms with Crippen molar-refractivity contribution in [3.05, 3.63) is 95.2 Å². The molecule has 1 unspecified atom stereocenters. The number of carboxylic acid groups (broad SMARTS) is 1. The molecule has 0 bridgehead atoms. The van der Waals surface area contributed by atoms with E-state index >= 15 is 0 Å². The number of para-hydroxylation sites is 1. The maximum Gasteiger partial charge on any atom is 0.418 e. The average molecular weight is 471 g/mol.